The average molecular weight is 451 g/mol. The molecular formula is C30H30N2O2. The normalized spacial score (nSPS) is 11.6. The summed E-state index contributed by atoms with van der Waals surface area (Å²) in [5.41, 5.74) is 17.9. The van der Waals surface area contributed by atoms with Crippen molar-refractivity contribution in [3.8, 4) is 11.5 Å². The highest BCUT2D eigenvalue weighted by atomic mass is 16.5. The lowest BCUT2D eigenvalue weighted by Crippen LogP contribution is -2.10. The Labute approximate surface area is 201 Å². The number of rotatable bonds is 10. The molecule has 0 aliphatic rings. The second-order valence-electron chi connectivity index (χ2n) is 7.81. The highest BCUT2D eigenvalue weighted by Crippen LogP contribution is 2.38. The fourth-order valence-electron chi connectivity index (χ4n) is 3.96. The molecule has 4 nitrogen and oxygen atoms in total. The molecule has 0 bridgehead atoms. The maximum Gasteiger partial charge on any atom is 0.119 e. The van der Waals surface area contributed by atoms with Crippen molar-refractivity contribution in [2.75, 3.05) is 26.3 Å². The SMILES string of the molecule is NCCOc1cccc(/C(=C(/c2ccccc2)c2cccc(OCCN)c2)c2ccccc2)c1. The first kappa shape index (κ1) is 23.3. The smallest absolute Gasteiger partial charge is 0.119 e. The topological polar surface area (TPSA) is 70.5 Å². The van der Waals surface area contributed by atoms with Gasteiger partial charge in [-0.3, -0.25) is 0 Å². The van der Waals surface area contributed by atoms with Crippen molar-refractivity contribution >= 4 is 11.1 Å². The minimum atomic E-state index is 0.469. The minimum absolute atomic E-state index is 0.469. The third-order valence-corrected chi connectivity index (χ3v) is 5.39. The third-order valence-electron chi connectivity index (χ3n) is 5.39. The van der Waals surface area contributed by atoms with Gasteiger partial charge in [0.25, 0.3) is 0 Å². The molecule has 172 valence electrons. The molecule has 34 heavy (non-hydrogen) atoms. The van der Waals surface area contributed by atoms with Gasteiger partial charge in [0.2, 0.25) is 0 Å². The van der Waals surface area contributed by atoms with Crippen molar-refractivity contribution < 1.29 is 9.47 Å². The molecule has 4 aromatic carbocycles. The molecule has 4 aromatic rings. The molecule has 0 spiro atoms. The fraction of sp³-hybridized carbons (Fsp3) is 0.133. The maximum atomic E-state index is 5.86. The highest BCUT2D eigenvalue weighted by molar-refractivity contribution is 6.04. The van der Waals surface area contributed by atoms with E-state index in [0.29, 0.717) is 26.3 Å². The van der Waals surface area contributed by atoms with Crippen LogP contribution in [0, 0.1) is 0 Å². The molecule has 4 N–H and O–H groups in total. The lowest BCUT2D eigenvalue weighted by molar-refractivity contribution is 0.328. The van der Waals surface area contributed by atoms with E-state index < -0.39 is 0 Å². The van der Waals surface area contributed by atoms with Gasteiger partial charge in [-0.25, -0.2) is 0 Å². The predicted octanol–water partition coefficient (Wildman–Crippen LogP) is 5.37. The van der Waals surface area contributed by atoms with E-state index in [4.69, 9.17) is 20.9 Å². The fourth-order valence-corrected chi connectivity index (χ4v) is 3.96. The Morgan fingerprint density at radius 3 is 1.24 bits per heavy atom. The summed E-state index contributed by atoms with van der Waals surface area (Å²) < 4.78 is 11.7. The zero-order valence-electron chi connectivity index (χ0n) is 19.2. The van der Waals surface area contributed by atoms with E-state index in [1.807, 2.05) is 36.4 Å². The van der Waals surface area contributed by atoms with Crippen molar-refractivity contribution in [3.05, 3.63) is 131 Å². The Balaban J connectivity index is 1.98. The molecule has 0 aliphatic carbocycles. The average Bonchev–Trinajstić information content (AvgIpc) is 2.90. The first-order valence-electron chi connectivity index (χ1n) is 11.5. The molecule has 0 aliphatic heterocycles. The van der Waals surface area contributed by atoms with Crippen LogP contribution in [-0.4, -0.2) is 26.3 Å². The second-order valence-corrected chi connectivity index (χ2v) is 7.81. The Hall–Kier alpha value is -3.86. The molecule has 0 amide bonds. The minimum Gasteiger partial charge on any atom is -0.492 e. The van der Waals surface area contributed by atoms with Crippen molar-refractivity contribution in [2.24, 2.45) is 11.5 Å². The molecule has 0 heterocycles. The van der Waals surface area contributed by atoms with Crippen LogP contribution in [0.3, 0.4) is 0 Å². The van der Waals surface area contributed by atoms with E-state index in [0.717, 1.165) is 44.9 Å². The number of hydrogen-bond donors (Lipinski definition) is 2. The Morgan fingerprint density at radius 1 is 0.471 bits per heavy atom. The quantitative estimate of drug-likeness (QED) is 0.319. The predicted molar refractivity (Wildman–Crippen MR) is 140 cm³/mol. The Bertz CT molecular complexity index is 1120. The summed E-state index contributed by atoms with van der Waals surface area (Å²) in [5, 5.41) is 0. The first-order chi connectivity index (χ1) is 16.8. The van der Waals surface area contributed by atoms with Crippen LogP contribution in [0.5, 0.6) is 11.5 Å². The van der Waals surface area contributed by atoms with Crippen LogP contribution in [-0.2, 0) is 0 Å². The molecule has 0 saturated heterocycles. The van der Waals surface area contributed by atoms with Crippen LogP contribution >= 0.6 is 0 Å². The molecule has 0 saturated carbocycles. The summed E-state index contributed by atoms with van der Waals surface area (Å²) in [4.78, 5) is 0. The van der Waals surface area contributed by atoms with Gasteiger partial charge in [0.1, 0.15) is 24.7 Å². The maximum absolute atomic E-state index is 5.86. The standard InChI is InChI=1S/C30H30N2O2/c31-17-19-33-27-15-7-13-25(21-27)29(23-9-3-1-4-10-23)30(24-11-5-2-6-12-24)26-14-8-16-28(22-26)34-20-18-32/h1-16,21-22H,17-20,31-32H2/b30-29-. The van der Waals surface area contributed by atoms with Crippen molar-refractivity contribution in [1.82, 2.24) is 0 Å². The zero-order valence-corrected chi connectivity index (χ0v) is 19.2. The van der Waals surface area contributed by atoms with Gasteiger partial charge in [0, 0.05) is 13.1 Å². The van der Waals surface area contributed by atoms with Crippen LogP contribution in [0.4, 0.5) is 0 Å². The van der Waals surface area contributed by atoms with Crippen LogP contribution in [0.2, 0.25) is 0 Å². The molecule has 0 fully saturated rings. The number of benzene rings is 4. The van der Waals surface area contributed by atoms with Gasteiger partial charge < -0.3 is 20.9 Å². The van der Waals surface area contributed by atoms with E-state index in [1.165, 1.54) is 0 Å². The van der Waals surface area contributed by atoms with E-state index in [-0.39, 0.29) is 0 Å². The number of hydrogen-bond acceptors (Lipinski definition) is 4. The summed E-state index contributed by atoms with van der Waals surface area (Å²) in [5.74, 6) is 1.59. The van der Waals surface area contributed by atoms with Crippen molar-refractivity contribution in [2.45, 2.75) is 0 Å². The summed E-state index contributed by atoms with van der Waals surface area (Å²) in [7, 11) is 0. The van der Waals surface area contributed by atoms with E-state index >= 15 is 0 Å². The van der Waals surface area contributed by atoms with Gasteiger partial charge in [0.05, 0.1) is 0 Å². The molecule has 0 unspecified atom stereocenters. The number of nitrogens with two attached hydrogens (primary N) is 2. The molecule has 0 aromatic heterocycles. The van der Waals surface area contributed by atoms with Gasteiger partial charge in [-0.2, -0.15) is 0 Å². The third kappa shape index (κ3) is 5.73. The second kappa shape index (κ2) is 11.8. The van der Waals surface area contributed by atoms with Gasteiger partial charge in [0.15, 0.2) is 0 Å². The van der Waals surface area contributed by atoms with Crippen LogP contribution in [0.1, 0.15) is 22.3 Å². The van der Waals surface area contributed by atoms with E-state index in [9.17, 15) is 0 Å². The summed E-state index contributed by atoms with van der Waals surface area (Å²) in [6.45, 7) is 1.88. The van der Waals surface area contributed by atoms with Crippen LogP contribution in [0.15, 0.2) is 109 Å². The van der Waals surface area contributed by atoms with Crippen LogP contribution in [0.25, 0.3) is 11.1 Å². The van der Waals surface area contributed by atoms with Crippen LogP contribution < -0.4 is 20.9 Å². The first-order valence-corrected chi connectivity index (χ1v) is 11.5. The molecule has 4 heteroatoms. The summed E-state index contributed by atoms with van der Waals surface area (Å²) >= 11 is 0. The zero-order chi connectivity index (χ0) is 23.6. The molecule has 0 atom stereocenters. The molecule has 0 radical (unpaired) electrons. The van der Waals surface area contributed by atoms with Gasteiger partial charge in [-0.1, -0.05) is 84.9 Å². The molecular weight excluding hydrogens is 420 g/mol. The van der Waals surface area contributed by atoms with E-state index in [2.05, 4.69) is 72.8 Å². The summed E-state index contributed by atoms with van der Waals surface area (Å²) in [6, 6.07) is 37.2. The number of ether oxygens (including phenoxy) is 2. The highest BCUT2D eigenvalue weighted by Gasteiger charge is 2.17. The largest absolute Gasteiger partial charge is 0.492 e. The lowest BCUT2D eigenvalue weighted by Gasteiger charge is -2.19. The van der Waals surface area contributed by atoms with Gasteiger partial charge in [-0.05, 0) is 57.7 Å². The Morgan fingerprint density at radius 2 is 0.853 bits per heavy atom. The molecule has 4 rings (SSSR count). The summed E-state index contributed by atoms with van der Waals surface area (Å²) in [6.07, 6.45) is 0. The van der Waals surface area contributed by atoms with E-state index in [1.54, 1.807) is 0 Å². The van der Waals surface area contributed by atoms with Gasteiger partial charge >= 0.3 is 0 Å². The van der Waals surface area contributed by atoms with Crippen molar-refractivity contribution in [1.29, 1.82) is 0 Å². The Kier molecular flexibility index (Phi) is 8.12. The monoisotopic (exact) mass is 450 g/mol. The lowest BCUT2D eigenvalue weighted by atomic mass is 9.85. The van der Waals surface area contributed by atoms with Gasteiger partial charge in [-0.15, -0.1) is 0 Å². The van der Waals surface area contributed by atoms with Crippen molar-refractivity contribution in [3.63, 3.8) is 0 Å².